The second-order valence-electron chi connectivity index (χ2n) is 11.9. The first-order valence-electron chi connectivity index (χ1n) is 18.7. The summed E-state index contributed by atoms with van der Waals surface area (Å²) >= 11 is 0. The summed E-state index contributed by atoms with van der Waals surface area (Å²) in [6.07, 6.45) is 27.1. The Labute approximate surface area is 372 Å². The minimum Gasteiger partial charge on any atom is -0.452 e. The lowest BCUT2D eigenvalue weighted by atomic mass is 10.3. The second-order valence-corrected chi connectivity index (χ2v) is 11.9. The molecule has 3 aliphatic heterocycles. The van der Waals surface area contributed by atoms with Crippen molar-refractivity contribution in [1.82, 2.24) is 55.8 Å². The van der Waals surface area contributed by atoms with Crippen LogP contribution in [0.15, 0.2) is 152 Å². The number of nitrogens with zero attached hydrogens (tertiary/aromatic N) is 10. The lowest BCUT2D eigenvalue weighted by Crippen LogP contribution is -2.27. The van der Waals surface area contributed by atoms with Crippen LogP contribution in [0.3, 0.4) is 0 Å². The van der Waals surface area contributed by atoms with E-state index in [0.717, 1.165) is 17.8 Å². The molecule has 10 N–H and O–H groups in total. The molecular weight excluding hydrogens is 847 g/mol. The van der Waals surface area contributed by atoms with Crippen LogP contribution < -0.4 is 22.5 Å². The van der Waals surface area contributed by atoms with Crippen LogP contribution >= 0.6 is 0 Å². The Morgan fingerprint density at radius 3 is 1.54 bits per heavy atom. The van der Waals surface area contributed by atoms with Crippen LogP contribution in [-0.2, 0) is 14.4 Å². The molecule has 0 bridgehead atoms. The minimum absolute atomic E-state index is 0.0197. The van der Waals surface area contributed by atoms with Crippen molar-refractivity contribution < 1.29 is 37.2 Å². The van der Waals surface area contributed by atoms with Crippen molar-refractivity contribution >= 4 is 46.7 Å². The fourth-order valence-electron chi connectivity index (χ4n) is 3.62. The molecular formula is C40H51N17O8. The van der Waals surface area contributed by atoms with Crippen molar-refractivity contribution in [3.8, 4) is 0 Å². The molecule has 9 heterocycles. The van der Waals surface area contributed by atoms with Crippen molar-refractivity contribution in [2.45, 2.75) is 13.8 Å². The third kappa shape index (κ3) is 26.6. The summed E-state index contributed by atoms with van der Waals surface area (Å²) in [5.74, 6) is -1.63. The number of aromatic amines is 3. The van der Waals surface area contributed by atoms with Crippen LogP contribution in [0, 0.1) is 13.8 Å². The number of hydrogen-bond acceptors (Lipinski definition) is 17. The summed E-state index contributed by atoms with van der Waals surface area (Å²) in [6, 6.07) is 5.27. The number of primary amides is 3. The number of rotatable bonds is 5. The van der Waals surface area contributed by atoms with Gasteiger partial charge in [0.05, 0.1) is 31.5 Å². The van der Waals surface area contributed by atoms with E-state index in [1.165, 1.54) is 42.5 Å². The molecule has 344 valence electrons. The van der Waals surface area contributed by atoms with Crippen LogP contribution in [0.5, 0.6) is 0 Å². The van der Waals surface area contributed by atoms with Crippen LogP contribution in [0.4, 0.5) is 0 Å². The van der Waals surface area contributed by atoms with E-state index >= 15 is 0 Å². The molecule has 5 amide bonds. The van der Waals surface area contributed by atoms with Crippen molar-refractivity contribution in [2.24, 2.45) is 32.2 Å². The van der Waals surface area contributed by atoms with E-state index in [1.807, 2.05) is 38.1 Å². The highest BCUT2D eigenvalue weighted by Gasteiger charge is 2.11. The van der Waals surface area contributed by atoms with E-state index in [1.54, 1.807) is 76.5 Å². The van der Waals surface area contributed by atoms with Crippen molar-refractivity contribution in [1.29, 1.82) is 0 Å². The van der Waals surface area contributed by atoms with E-state index in [-0.39, 0.29) is 17.5 Å². The van der Waals surface area contributed by atoms with Crippen LogP contribution in [0.25, 0.3) is 0 Å². The molecule has 0 saturated carbocycles. The van der Waals surface area contributed by atoms with Gasteiger partial charge in [-0.1, -0.05) is 18.2 Å². The number of amides is 5. The average Bonchev–Trinajstić information content (AvgIpc) is 4.16. The van der Waals surface area contributed by atoms with Gasteiger partial charge in [-0.25, -0.2) is 15.0 Å². The third-order valence-corrected chi connectivity index (χ3v) is 6.67. The molecule has 9 rings (SSSR count). The molecule has 0 aromatic carbocycles. The molecule has 6 aromatic rings. The van der Waals surface area contributed by atoms with Crippen molar-refractivity contribution in [2.75, 3.05) is 40.8 Å². The molecule has 0 saturated heterocycles. The van der Waals surface area contributed by atoms with E-state index in [0.29, 0.717) is 42.5 Å². The quantitative estimate of drug-likeness (QED) is 0.129. The molecule has 0 unspecified atom stereocenters. The Morgan fingerprint density at radius 1 is 0.677 bits per heavy atom. The molecule has 25 nitrogen and oxygen atoms in total. The van der Waals surface area contributed by atoms with Gasteiger partial charge in [0.15, 0.2) is 24.9 Å². The van der Waals surface area contributed by atoms with Gasteiger partial charge in [0.1, 0.15) is 41.6 Å². The summed E-state index contributed by atoms with van der Waals surface area (Å²) in [5.41, 5.74) is 18.5. The van der Waals surface area contributed by atoms with Gasteiger partial charge in [0, 0.05) is 51.6 Å². The zero-order chi connectivity index (χ0) is 48.1. The smallest absolute Gasteiger partial charge is 0.271 e. The van der Waals surface area contributed by atoms with Gasteiger partial charge in [-0.3, -0.25) is 54.2 Å². The molecule has 0 atom stereocenters. The molecule has 0 aliphatic carbocycles. The van der Waals surface area contributed by atoms with E-state index in [9.17, 15) is 24.0 Å². The topological polar surface area (TPSA) is 380 Å². The SMILES string of the molecule is CN(C)C(=O)C1=NCC=C1.CNC(=O)C1=NCC=C1.Cc1ccn[nH]1.Cc1cocn1.NC(=O)C1=NCC=C1.NC(=O)c1ccn[nH]1.NC(=O)c1cocn1.c1cn[nH]c1.c1cocn1. The van der Waals surface area contributed by atoms with Crippen LogP contribution in [-0.4, -0.2) is 138 Å². The first kappa shape index (κ1) is 53.9. The number of H-pyrrole nitrogens is 3. The zero-order valence-corrected chi connectivity index (χ0v) is 36.1. The first-order valence-corrected chi connectivity index (χ1v) is 18.7. The number of hydrogen-bond donors (Lipinski definition) is 7. The normalized spacial score (nSPS) is 11.6. The minimum atomic E-state index is -0.571. The lowest BCUT2D eigenvalue weighted by molar-refractivity contribution is -0.121. The Bertz CT molecular complexity index is 2210. The predicted molar refractivity (Wildman–Crippen MR) is 238 cm³/mol. The maximum Gasteiger partial charge on any atom is 0.271 e. The van der Waals surface area contributed by atoms with Gasteiger partial charge in [0.2, 0.25) is 0 Å². The number of aliphatic imine (C=N–C) groups is 3. The standard InChI is InChI=1S/C7H10N2O.C6H8N2O.C5H6N2O.C4H5N3O.C4H4N2O2.C4H6N2.C4H5NO.C3H4N2.C3H3NO/c1-9(2)7(10)6-4-3-5-8-6;1-7-6(9)5-3-2-4-8-5;6-5(8)4-2-1-3-7-4;5-4(8)3-1-2-6-7-3;5-4(7)3-1-8-2-6-3;1-4-2-3-5-6-4;1-4-2-6-3-5-4;1-2-4-5-3-1;1-2-5-3-4-1/h3-4H,5H2,1-2H3;2-3H,4H2,1H3,(H,7,9);1-2H,3H2,(H2,6,8);1-2H,(H2,5,8)(H,6,7);1-2H,(H2,5,7);2-3H,1H3,(H,5,6);2-3H,1H3;1-3H,(H,4,5);1-3H. The number of carbonyl (C=O) groups is 5. The summed E-state index contributed by atoms with van der Waals surface area (Å²) in [4.78, 5) is 76.4. The number of oxazole rings is 3. The highest BCUT2D eigenvalue weighted by atomic mass is 16.3. The number of nitrogens with one attached hydrogen (secondary N) is 4. The number of carbonyl (C=O) groups excluding carboxylic acids is 5. The molecule has 6 aromatic heterocycles. The Hall–Kier alpha value is -9.16. The Balaban J connectivity index is 0.000000368. The highest BCUT2D eigenvalue weighted by Crippen LogP contribution is 1.96. The van der Waals surface area contributed by atoms with Gasteiger partial charge in [-0.05, 0) is 50.3 Å². The predicted octanol–water partition coefficient (Wildman–Crippen LogP) is 1.38. The number of aryl methyl sites for hydroxylation is 2. The molecule has 0 spiro atoms. The summed E-state index contributed by atoms with van der Waals surface area (Å²) in [6.45, 7) is 5.73. The number of nitrogens with two attached hydrogens (primary N) is 3. The highest BCUT2D eigenvalue weighted by molar-refractivity contribution is 6.44. The van der Waals surface area contributed by atoms with Gasteiger partial charge >= 0.3 is 0 Å². The fourth-order valence-corrected chi connectivity index (χ4v) is 3.62. The largest absolute Gasteiger partial charge is 0.452 e. The van der Waals surface area contributed by atoms with Gasteiger partial charge < -0.3 is 40.7 Å². The third-order valence-electron chi connectivity index (χ3n) is 6.67. The number of aromatic nitrogens is 9. The molecule has 65 heavy (non-hydrogen) atoms. The first-order chi connectivity index (χ1) is 31.3. The van der Waals surface area contributed by atoms with E-state index in [4.69, 9.17) is 17.2 Å². The van der Waals surface area contributed by atoms with Crippen LogP contribution in [0.1, 0.15) is 32.4 Å². The Kier molecular flexibility index (Phi) is 27.8. The van der Waals surface area contributed by atoms with E-state index < -0.39 is 17.7 Å². The molecule has 0 fully saturated rings. The maximum absolute atomic E-state index is 11.1. The van der Waals surface area contributed by atoms with Gasteiger partial charge in [0.25, 0.3) is 29.5 Å². The second kappa shape index (κ2) is 33.5. The van der Waals surface area contributed by atoms with Gasteiger partial charge in [-0.15, -0.1) is 0 Å². The van der Waals surface area contributed by atoms with E-state index in [2.05, 4.69) is 79.1 Å². The lowest BCUT2D eigenvalue weighted by Gasteiger charge is -2.07. The summed E-state index contributed by atoms with van der Waals surface area (Å²) in [5, 5.41) is 21.1. The van der Waals surface area contributed by atoms with Crippen LogP contribution in [0.2, 0.25) is 0 Å². The van der Waals surface area contributed by atoms with Gasteiger partial charge in [-0.2, -0.15) is 15.3 Å². The fraction of sp³-hybridized carbons (Fsp3) is 0.200. The molecule has 0 radical (unpaired) electrons. The monoisotopic (exact) mass is 897 g/mol. The summed E-state index contributed by atoms with van der Waals surface area (Å²) < 4.78 is 13.5. The average molecular weight is 898 g/mol. The summed E-state index contributed by atoms with van der Waals surface area (Å²) in [7, 11) is 5.03. The maximum atomic E-state index is 11.1. The van der Waals surface area contributed by atoms with Crippen molar-refractivity contribution in [3.05, 3.63) is 146 Å². The Morgan fingerprint density at radius 2 is 1.29 bits per heavy atom. The molecule has 3 aliphatic rings. The molecule has 25 heteroatoms. The zero-order valence-electron chi connectivity index (χ0n) is 36.1. The van der Waals surface area contributed by atoms with Crippen molar-refractivity contribution in [3.63, 3.8) is 0 Å².